The van der Waals surface area contributed by atoms with Crippen LogP contribution in [0.3, 0.4) is 0 Å². The summed E-state index contributed by atoms with van der Waals surface area (Å²) in [7, 11) is 1.96. The van der Waals surface area contributed by atoms with E-state index in [1.54, 1.807) is 11.3 Å². The fraction of sp³-hybridized carbons (Fsp3) is 0.700. The van der Waals surface area contributed by atoms with Crippen molar-refractivity contribution in [1.82, 2.24) is 15.2 Å². The monoisotopic (exact) mass is 227 g/mol. The molecular formula is C10H17N3OS. The Balaban J connectivity index is 1.82. The second-order valence-corrected chi connectivity index (χ2v) is 4.48. The molecule has 0 spiro atoms. The van der Waals surface area contributed by atoms with Crippen LogP contribution >= 0.6 is 11.3 Å². The summed E-state index contributed by atoms with van der Waals surface area (Å²) in [5.74, 6) is 0. The van der Waals surface area contributed by atoms with Gasteiger partial charge in [0, 0.05) is 31.6 Å². The molecule has 1 saturated heterocycles. The predicted molar refractivity (Wildman–Crippen MR) is 61.1 cm³/mol. The molecular weight excluding hydrogens is 210 g/mol. The van der Waals surface area contributed by atoms with Crippen molar-refractivity contribution in [2.45, 2.75) is 12.6 Å². The van der Waals surface area contributed by atoms with Gasteiger partial charge >= 0.3 is 0 Å². The van der Waals surface area contributed by atoms with Gasteiger partial charge in [0.25, 0.3) is 0 Å². The van der Waals surface area contributed by atoms with Gasteiger partial charge in [0.05, 0.1) is 23.9 Å². The topological polar surface area (TPSA) is 37.4 Å². The zero-order valence-electron chi connectivity index (χ0n) is 8.98. The highest BCUT2D eigenvalue weighted by Crippen LogP contribution is 2.10. The lowest BCUT2D eigenvalue weighted by Gasteiger charge is -2.32. The van der Waals surface area contributed by atoms with Crippen molar-refractivity contribution in [3.8, 4) is 0 Å². The van der Waals surface area contributed by atoms with E-state index in [4.69, 9.17) is 4.74 Å². The molecule has 0 bridgehead atoms. The number of nitrogens with one attached hydrogen (secondary N) is 1. The fourth-order valence-electron chi connectivity index (χ4n) is 1.82. The van der Waals surface area contributed by atoms with Crippen LogP contribution in [0.25, 0.3) is 0 Å². The highest BCUT2D eigenvalue weighted by Gasteiger charge is 2.19. The van der Waals surface area contributed by atoms with Crippen LogP contribution in [-0.4, -0.2) is 49.3 Å². The molecule has 0 radical (unpaired) electrons. The quantitative estimate of drug-likeness (QED) is 0.816. The van der Waals surface area contributed by atoms with E-state index in [1.807, 2.05) is 12.6 Å². The first-order chi connectivity index (χ1) is 7.38. The first-order valence-corrected chi connectivity index (χ1v) is 6.18. The minimum atomic E-state index is 0.322. The summed E-state index contributed by atoms with van der Waals surface area (Å²) in [6.07, 6.45) is 0.322. The molecule has 0 aromatic carbocycles. The van der Waals surface area contributed by atoms with Gasteiger partial charge < -0.3 is 10.1 Å². The van der Waals surface area contributed by atoms with Crippen LogP contribution in [0.15, 0.2) is 10.9 Å². The zero-order chi connectivity index (χ0) is 10.5. The summed E-state index contributed by atoms with van der Waals surface area (Å²) in [4.78, 5) is 6.71. The van der Waals surface area contributed by atoms with Crippen LogP contribution in [0.1, 0.15) is 5.69 Å². The van der Waals surface area contributed by atoms with Gasteiger partial charge in [0.1, 0.15) is 0 Å². The molecule has 2 rings (SSSR count). The van der Waals surface area contributed by atoms with Crippen LogP contribution in [0, 0.1) is 0 Å². The Labute approximate surface area is 94.3 Å². The summed E-state index contributed by atoms with van der Waals surface area (Å²) >= 11 is 1.66. The number of morpholine rings is 1. The maximum atomic E-state index is 5.65. The van der Waals surface area contributed by atoms with Crippen LogP contribution in [-0.2, 0) is 11.3 Å². The first kappa shape index (κ1) is 11.0. The van der Waals surface area contributed by atoms with E-state index >= 15 is 0 Å². The third-order valence-corrected chi connectivity index (χ3v) is 3.16. The van der Waals surface area contributed by atoms with Gasteiger partial charge in [-0.25, -0.2) is 4.98 Å². The molecule has 4 nitrogen and oxygen atoms in total. The minimum Gasteiger partial charge on any atom is -0.374 e. The molecule has 1 aromatic rings. The van der Waals surface area contributed by atoms with Gasteiger partial charge in [0.15, 0.2) is 0 Å². The number of thiazole rings is 1. The standard InChI is InChI=1S/C10H17N3OS/c1-11-4-10-6-13(2-3-14-10)5-9-7-15-8-12-9/h7-8,10-11H,2-6H2,1H3. The fourth-order valence-corrected chi connectivity index (χ4v) is 2.37. The Morgan fingerprint density at radius 2 is 2.67 bits per heavy atom. The largest absolute Gasteiger partial charge is 0.374 e. The number of rotatable bonds is 4. The molecule has 1 aliphatic rings. The first-order valence-electron chi connectivity index (χ1n) is 5.24. The second-order valence-electron chi connectivity index (χ2n) is 3.77. The molecule has 1 fully saturated rings. The maximum absolute atomic E-state index is 5.65. The molecule has 0 amide bonds. The lowest BCUT2D eigenvalue weighted by atomic mass is 10.2. The van der Waals surface area contributed by atoms with Gasteiger partial charge in [-0.05, 0) is 7.05 Å². The molecule has 1 aliphatic heterocycles. The average Bonchev–Trinajstić information content (AvgIpc) is 2.71. The summed E-state index contributed by atoms with van der Waals surface area (Å²) in [5.41, 5.74) is 3.06. The zero-order valence-corrected chi connectivity index (χ0v) is 9.80. The Kier molecular flexibility index (Phi) is 4.08. The second kappa shape index (κ2) is 5.55. The van der Waals surface area contributed by atoms with Crippen molar-refractivity contribution in [1.29, 1.82) is 0 Å². The number of ether oxygens (including phenoxy) is 1. The normalized spacial score (nSPS) is 23.1. The Morgan fingerprint density at radius 3 is 3.40 bits per heavy atom. The Morgan fingerprint density at radius 1 is 1.73 bits per heavy atom. The van der Waals surface area contributed by atoms with E-state index in [2.05, 4.69) is 20.6 Å². The SMILES string of the molecule is CNCC1CN(Cc2cscn2)CCO1. The van der Waals surface area contributed by atoms with Crippen molar-refractivity contribution >= 4 is 11.3 Å². The molecule has 1 atom stereocenters. The summed E-state index contributed by atoms with van der Waals surface area (Å²) in [6.45, 7) is 4.72. The number of hydrogen-bond acceptors (Lipinski definition) is 5. The highest BCUT2D eigenvalue weighted by atomic mass is 32.1. The Bertz CT molecular complexity index is 276. The third-order valence-electron chi connectivity index (χ3n) is 2.52. The molecule has 1 unspecified atom stereocenters. The van der Waals surface area contributed by atoms with E-state index in [9.17, 15) is 0 Å². The lowest BCUT2D eigenvalue weighted by molar-refractivity contribution is -0.0294. The van der Waals surface area contributed by atoms with E-state index in [-0.39, 0.29) is 0 Å². The number of hydrogen-bond donors (Lipinski definition) is 1. The van der Waals surface area contributed by atoms with E-state index in [1.165, 1.54) is 5.69 Å². The van der Waals surface area contributed by atoms with Gasteiger partial charge in [-0.3, -0.25) is 4.90 Å². The minimum absolute atomic E-state index is 0.322. The van der Waals surface area contributed by atoms with Gasteiger partial charge in [0.2, 0.25) is 0 Å². The summed E-state index contributed by atoms with van der Waals surface area (Å²) in [5, 5.41) is 5.27. The molecule has 5 heteroatoms. The van der Waals surface area contributed by atoms with E-state index in [0.29, 0.717) is 6.10 Å². The van der Waals surface area contributed by atoms with Crippen molar-refractivity contribution in [2.75, 3.05) is 33.3 Å². The van der Waals surface area contributed by atoms with Crippen LogP contribution in [0.2, 0.25) is 0 Å². The molecule has 0 saturated carbocycles. The molecule has 1 N–H and O–H groups in total. The number of nitrogens with zero attached hydrogens (tertiary/aromatic N) is 2. The summed E-state index contributed by atoms with van der Waals surface area (Å²) in [6, 6.07) is 0. The maximum Gasteiger partial charge on any atom is 0.0826 e. The molecule has 2 heterocycles. The Hall–Kier alpha value is -0.490. The number of likely N-dealkylation sites (N-methyl/N-ethyl adjacent to an activating group) is 1. The van der Waals surface area contributed by atoms with Crippen LogP contribution < -0.4 is 5.32 Å². The van der Waals surface area contributed by atoms with Crippen molar-refractivity contribution in [2.24, 2.45) is 0 Å². The molecule has 0 aliphatic carbocycles. The van der Waals surface area contributed by atoms with E-state index < -0.39 is 0 Å². The van der Waals surface area contributed by atoms with Crippen molar-refractivity contribution < 1.29 is 4.74 Å². The average molecular weight is 227 g/mol. The predicted octanol–water partition coefficient (Wildman–Crippen LogP) is 0.563. The highest BCUT2D eigenvalue weighted by molar-refractivity contribution is 7.07. The van der Waals surface area contributed by atoms with Crippen molar-refractivity contribution in [3.05, 3.63) is 16.6 Å². The van der Waals surface area contributed by atoms with Gasteiger partial charge in [-0.1, -0.05) is 0 Å². The van der Waals surface area contributed by atoms with Gasteiger partial charge in [-0.2, -0.15) is 0 Å². The lowest BCUT2D eigenvalue weighted by Crippen LogP contribution is -2.45. The van der Waals surface area contributed by atoms with Crippen molar-refractivity contribution in [3.63, 3.8) is 0 Å². The van der Waals surface area contributed by atoms with Crippen LogP contribution in [0.4, 0.5) is 0 Å². The number of aromatic nitrogens is 1. The van der Waals surface area contributed by atoms with E-state index in [0.717, 1.165) is 32.8 Å². The van der Waals surface area contributed by atoms with Gasteiger partial charge in [-0.15, -0.1) is 11.3 Å². The third kappa shape index (κ3) is 3.24. The molecule has 1 aromatic heterocycles. The summed E-state index contributed by atoms with van der Waals surface area (Å²) < 4.78 is 5.65. The smallest absolute Gasteiger partial charge is 0.0826 e. The van der Waals surface area contributed by atoms with Crippen LogP contribution in [0.5, 0.6) is 0 Å². The molecule has 84 valence electrons. The molecule has 15 heavy (non-hydrogen) atoms.